The minimum atomic E-state index is -3.45. The maximum absolute atomic E-state index is 14.6. The number of hydrogen-bond acceptors (Lipinski definition) is 7. The predicted octanol–water partition coefficient (Wildman–Crippen LogP) is 7.14. The van der Waals surface area contributed by atoms with Gasteiger partial charge in [-0.15, -0.1) is 0 Å². The highest BCUT2D eigenvalue weighted by molar-refractivity contribution is 7.92. The van der Waals surface area contributed by atoms with Crippen molar-refractivity contribution in [2.75, 3.05) is 12.3 Å². The molecule has 49 heavy (non-hydrogen) atoms. The van der Waals surface area contributed by atoms with Crippen LogP contribution in [0.25, 0.3) is 0 Å². The van der Waals surface area contributed by atoms with Crippen molar-refractivity contribution in [3.63, 3.8) is 0 Å². The van der Waals surface area contributed by atoms with E-state index in [0.29, 0.717) is 38.1 Å². The van der Waals surface area contributed by atoms with Crippen LogP contribution in [0.2, 0.25) is 0 Å². The first-order valence-electron chi connectivity index (χ1n) is 19.3. The van der Waals surface area contributed by atoms with Crippen molar-refractivity contribution in [2.24, 2.45) is 45.8 Å². The number of aliphatic hydroxyl groups is 1. The van der Waals surface area contributed by atoms with Crippen LogP contribution in [0.5, 0.6) is 0 Å². The lowest BCUT2D eigenvalue weighted by Crippen LogP contribution is -2.51. The van der Waals surface area contributed by atoms with Crippen LogP contribution in [-0.4, -0.2) is 70.9 Å². The fourth-order valence-electron chi connectivity index (χ4n) is 9.07. The molecule has 1 unspecified atom stereocenters. The van der Waals surface area contributed by atoms with Gasteiger partial charge in [0.1, 0.15) is 11.9 Å². The summed E-state index contributed by atoms with van der Waals surface area (Å²) in [7, 11) is -3.45. The van der Waals surface area contributed by atoms with Gasteiger partial charge in [0.2, 0.25) is 5.91 Å². The molecule has 0 bridgehead atoms. The number of amides is 1. The number of fused-ring (bicyclic) bond motifs is 1. The molecular formula is C40H67NO7S. The van der Waals surface area contributed by atoms with E-state index in [9.17, 15) is 32.7 Å². The first-order chi connectivity index (χ1) is 22.5. The summed E-state index contributed by atoms with van der Waals surface area (Å²) in [6.45, 7) is 17.8. The highest BCUT2D eigenvalue weighted by Crippen LogP contribution is 2.65. The Balaban J connectivity index is 1.54. The average molecular weight is 706 g/mol. The van der Waals surface area contributed by atoms with Crippen LogP contribution in [0.15, 0.2) is 0 Å². The Bertz CT molecular complexity index is 1340. The minimum absolute atomic E-state index is 0.0134. The van der Waals surface area contributed by atoms with Crippen molar-refractivity contribution < 1.29 is 32.7 Å². The lowest BCUT2D eigenvalue weighted by Gasteiger charge is -2.40. The number of hydrogen-bond donors (Lipinski definition) is 1. The van der Waals surface area contributed by atoms with Crippen LogP contribution in [0.3, 0.4) is 0 Å². The van der Waals surface area contributed by atoms with E-state index in [1.165, 1.54) is 0 Å². The van der Waals surface area contributed by atoms with Gasteiger partial charge in [-0.3, -0.25) is 19.2 Å². The van der Waals surface area contributed by atoms with Gasteiger partial charge >= 0.3 is 0 Å². The zero-order valence-corrected chi connectivity index (χ0v) is 32.9. The third-order valence-electron chi connectivity index (χ3n) is 12.9. The van der Waals surface area contributed by atoms with Gasteiger partial charge in [-0.25, -0.2) is 8.42 Å². The molecule has 1 saturated heterocycles. The van der Waals surface area contributed by atoms with Gasteiger partial charge in [0.25, 0.3) is 0 Å². The second-order valence-electron chi connectivity index (χ2n) is 19.3. The van der Waals surface area contributed by atoms with Crippen LogP contribution in [-0.2, 0) is 29.0 Å². The summed E-state index contributed by atoms with van der Waals surface area (Å²) in [6, 6.07) is -0.635. The largest absolute Gasteiger partial charge is 0.385 e. The average Bonchev–Trinajstić information content (AvgIpc) is 3.83. The molecule has 1 amide bonds. The Morgan fingerprint density at radius 2 is 1.55 bits per heavy atom. The van der Waals surface area contributed by atoms with Crippen molar-refractivity contribution >= 4 is 33.1 Å². The molecule has 0 spiro atoms. The van der Waals surface area contributed by atoms with Crippen LogP contribution in [0, 0.1) is 45.8 Å². The van der Waals surface area contributed by atoms with Crippen LogP contribution in [0.1, 0.15) is 152 Å². The summed E-state index contributed by atoms with van der Waals surface area (Å²) in [5.74, 6) is -1.10. The number of aliphatic hydroxyl groups excluding tert-OH is 1. The molecule has 4 fully saturated rings. The van der Waals surface area contributed by atoms with E-state index >= 15 is 0 Å². The molecule has 4 aliphatic rings. The molecule has 1 heterocycles. The number of likely N-dealkylation sites (tertiary alicyclic amines) is 1. The van der Waals surface area contributed by atoms with E-state index in [-0.39, 0.29) is 65.5 Å². The van der Waals surface area contributed by atoms with E-state index in [1.807, 2.05) is 20.8 Å². The number of carbonyl (C=O) groups is 4. The van der Waals surface area contributed by atoms with E-state index in [1.54, 1.807) is 25.7 Å². The SMILES string of the molecule is CCCC[C@H](CC(=O)[C@@H]1[C@@H]2[C@H](CN1C(=O)[C@@H](CC(=O)CC1(CS(=O)(=O)C(C)(C)C)CCCCC1)C(C)(C)C)C2(C)C)C(O)C(=O)CC1CC1. The summed E-state index contributed by atoms with van der Waals surface area (Å²) in [5.41, 5.74) is -1.26. The van der Waals surface area contributed by atoms with Crippen molar-refractivity contribution in [1.82, 2.24) is 4.90 Å². The summed E-state index contributed by atoms with van der Waals surface area (Å²) in [6.07, 6.45) is 7.96. The first kappa shape index (κ1) is 40.2. The lowest BCUT2D eigenvalue weighted by atomic mass is 9.70. The number of piperidine rings is 1. The number of ketones is 3. The monoisotopic (exact) mass is 705 g/mol. The fourth-order valence-corrected chi connectivity index (χ4v) is 10.7. The molecule has 0 aromatic rings. The smallest absolute Gasteiger partial charge is 0.227 e. The summed E-state index contributed by atoms with van der Waals surface area (Å²) in [5, 5.41) is 11.1. The molecule has 0 radical (unpaired) electrons. The molecule has 9 heteroatoms. The summed E-state index contributed by atoms with van der Waals surface area (Å²) in [4.78, 5) is 57.6. The highest BCUT2D eigenvalue weighted by Gasteiger charge is 2.69. The Labute approximate surface area is 297 Å². The minimum Gasteiger partial charge on any atom is -0.385 e. The Kier molecular flexibility index (Phi) is 12.1. The molecule has 3 aliphatic carbocycles. The second kappa shape index (κ2) is 14.8. The topological polar surface area (TPSA) is 126 Å². The third-order valence-corrected chi connectivity index (χ3v) is 15.7. The van der Waals surface area contributed by atoms with E-state index in [0.717, 1.165) is 44.9 Å². The molecule has 0 aromatic carbocycles. The van der Waals surface area contributed by atoms with E-state index in [4.69, 9.17) is 0 Å². The number of Topliss-reactive ketones (excluding diaryl/α,β-unsaturated/α-hetero) is 3. The van der Waals surface area contributed by atoms with Gasteiger partial charge in [-0.2, -0.15) is 0 Å². The Morgan fingerprint density at radius 3 is 2.08 bits per heavy atom. The third kappa shape index (κ3) is 9.25. The van der Waals surface area contributed by atoms with Crippen molar-refractivity contribution in [1.29, 1.82) is 0 Å². The number of sulfone groups is 1. The molecule has 8 nitrogen and oxygen atoms in total. The molecule has 1 N–H and O–H groups in total. The zero-order valence-electron chi connectivity index (χ0n) is 32.1. The van der Waals surface area contributed by atoms with Gasteiger partial charge < -0.3 is 10.0 Å². The van der Waals surface area contributed by atoms with Gasteiger partial charge in [0.05, 0.1) is 16.5 Å². The van der Waals surface area contributed by atoms with Crippen molar-refractivity contribution in [3.05, 3.63) is 0 Å². The van der Waals surface area contributed by atoms with Gasteiger partial charge in [-0.05, 0) is 92.8 Å². The number of unbranched alkanes of at least 4 members (excludes halogenated alkanes) is 1. The zero-order chi connectivity index (χ0) is 36.7. The second-order valence-corrected chi connectivity index (χ2v) is 22.0. The molecule has 0 aromatic heterocycles. The summed E-state index contributed by atoms with van der Waals surface area (Å²) >= 11 is 0. The van der Waals surface area contributed by atoms with Crippen molar-refractivity contribution in [2.45, 2.75) is 169 Å². The Morgan fingerprint density at radius 1 is 0.939 bits per heavy atom. The molecule has 280 valence electrons. The highest BCUT2D eigenvalue weighted by atomic mass is 32.2. The van der Waals surface area contributed by atoms with Crippen LogP contribution in [0.4, 0.5) is 0 Å². The maximum atomic E-state index is 14.6. The standard InChI is InChI=1S/C40H67NO7S/c1-10-11-15-27(35(45)32(44)20-26-16-17-26)21-31(43)34-33-30(39(33,8)9)24-41(34)36(46)29(37(2,3)4)22-28(42)23-40(18-13-12-14-19-40)25-49(47,48)38(5,6)7/h26-27,29-30,33-35,45H,10-25H2,1-9H3/t27-,29-,30+,33+,34-,35?/m1/s1. The lowest BCUT2D eigenvalue weighted by molar-refractivity contribution is -0.148. The van der Waals surface area contributed by atoms with Crippen molar-refractivity contribution in [3.8, 4) is 0 Å². The molecule has 1 aliphatic heterocycles. The quantitative estimate of drug-likeness (QED) is 0.171. The normalized spacial score (nSPS) is 26.8. The number of carbonyl (C=O) groups excluding carboxylic acids is 4. The summed E-state index contributed by atoms with van der Waals surface area (Å²) < 4.78 is 25.9. The van der Waals surface area contributed by atoms with Crippen LogP contribution >= 0.6 is 0 Å². The first-order valence-corrected chi connectivity index (χ1v) is 21.0. The van der Waals surface area contributed by atoms with Gasteiger partial charge in [0.15, 0.2) is 21.4 Å². The molecule has 6 atom stereocenters. The van der Waals surface area contributed by atoms with Gasteiger partial charge in [0, 0.05) is 38.1 Å². The maximum Gasteiger partial charge on any atom is 0.227 e. The molecular weight excluding hydrogens is 639 g/mol. The molecule has 3 saturated carbocycles. The van der Waals surface area contributed by atoms with Crippen LogP contribution < -0.4 is 0 Å². The molecule has 4 rings (SSSR count). The van der Waals surface area contributed by atoms with E-state index in [2.05, 4.69) is 20.8 Å². The number of rotatable bonds is 17. The van der Waals surface area contributed by atoms with Gasteiger partial charge in [-0.1, -0.05) is 73.6 Å². The number of nitrogens with zero attached hydrogens (tertiary/aromatic N) is 1. The van der Waals surface area contributed by atoms with E-state index < -0.39 is 49.4 Å². The fraction of sp³-hybridized carbons (Fsp3) is 0.900. The Hall–Kier alpha value is -1.61. The predicted molar refractivity (Wildman–Crippen MR) is 193 cm³/mol.